The molecule has 0 saturated carbocycles. The first-order valence-electron chi connectivity index (χ1n) is 5.32. The van der Waals surface area contributed by atoms with Crippen molar-refractivity contribution < 1.29 is 5.11 Å². The quantitative estimate of drug-likeness (QED) is 0.450. The maximum absolute atomic E-state index is 8.46. The van der Waals surface area contributed by atoms with Crippen molar-refractivity contribution in [1.29, 1.82) is 0 Å². The molecule has 0 rings (SSSR count). The van der Waals surface area contributed by atoms with Gasteiger partial charge in [-0.15, -0.1) is 0 Å². The maximum atomic E-state index is 8.46. The molecule has 76 valence electrons. The van der Waals surface area contributed by atoms with Crippen molar-refractivity contribution in [1.82, 2.24) is 0 Å². The fraction of sp³-hybridized carbons (Fsp3) is 0.667. The lowest BCUT2D eigenvalue weighted by molar-refractivity contribution is 0.342. The van der Waals surface area contributed by atoms with Gasteiger partial charge in [-0.25, -0.2) is 0 Å². The fourth-order valence-electron chi connectivity index (χ4n) is 1.13. The molecule has 13 heavy (non-hydrogen) atoms. The molecule has 0 amide bonds. The summed E-state index contributed by atoms with van der Waals surface area (Å²) in [4.78, 5) is 0. The van der Waals surface area contributed by atoms with Crippen molar-refractivity contribution in [2.45, 2.75) is 45.4 Å². The number of hydrogen-bond donors (Lipinski definition) is 1. The Bertz CT molecular complexity index is 136. The Kier molecular flexibility index (Phi) is 10.9. The summed E-state index contributed by atoms with van der Waals surface area (Å²) in [5.74, 6) is 0. The van der Waals surface area contributed by atoms with Gasteiger partial charge in [-0.05, 0) is 25.7 Å². The minimum absolute atomic E-state index is 0.167. The molecule has 0 aromatic heterocycles. The average molecular weight is 182 g/mol. The van der Waals surface area contributed by atoms with Crippen LogP contribution in [-0.4, -0.2) is 11.7 Å². The molecular formula is C12H22O. The highest BCUT2D eigenvalue weighted by atomic mass is 16.2. The van der Waals surface area contributed by atoms with Crippen LogP contribution in [-0.2, 0) is 0 Å². The van der Waals surface area contributed by atoms with Gasteiger partial charge < -0.3 is 5.11 Å². The van der Waals surface area contributed by atoms with Crippen LogP contribution in [0.25, 0.3) is 0 Å². The summed E-state index contributed by atoms with van der Waals surface area (Å²) >= 11 is 0. The van der Waals surface area contributed by atoms with Gasteiger partial charge in [0.1, 0.15) is 0 Å². The first kappa shape index (κ1) is 12.4. The highest BCUT2D eigenvalue weighted by molar-refractivity contribution is 4.87. The minimum Gasteiger partial charge on any atom is -0.392 e. The zero-order valence-electron chi connectivity index (χ0n) is 8.71. The molecule has 1 N–H and O–H groups in total. The highest BCUT2D eigenvalue weighted by Crippen LogP contribution is 2.01. The van der Waals surface area contributed by atoms with E-state index in [0.29, 0.717) is 0 Å². The smallest absolute Gasteiger partial charge is 0.0612 e. The zero-order chi connectivity index (χ0) is 9.78. The van der Waals surface area contributed by atoms with Crippen LogP contribution in [0.1, 0.15) is 45.4 Å². The van der Waals surface area contributed by atoms with Crippen LogP contribution in [0.5, 0.6) is 0 Å². The lowest BCUT2D eigenvalue weighted by Crippen LogP contribution is -1.72. The van der Waals surface area contributed by atoms with Crippen LogP contribution in [0.15, 0.2) is 24.3 Å². The molecule has 0 spiro atoms. The highest BCUT2D eigenvalue weighted by Gasteiger charge is 1.81. The second-order valence-electron chi connectivity index (χ2n) is 3.20. The Morgan fingerprint density at radius 1 is 0.846 bits per heavy atom. The van der Waals surface area contributed by atoms with E-state index in [9.17, 15) is 0 Å². The molecule has 0 fully saturated rings. The van der Waals surface area contributed by atoms with Crippen molar-refractivity contribution in [3.8, 4) is 0 Å². The first-order valence-corrected chi connectivity index (χ1v) is 5.32. The normalized spacial score (nSPS) is 11.8. The topological polar surface area (TPSA) is 20.2 Å². The molecule has 0 radical (unpaired) electrons. The third-order valence-corrected chi connectivity index (χ3v) is 1.91. The molecular weight excluding hydrogens is 160 g/mol. The number of aliphatic hydroxyl groups excluding tert-OH is 1. The van der Waals surface area contributed by atoms with Gasteiger partial charge in [0.15, 0.2) is 0 Å². The van der Waals surface area contributed by atoms with Crippen molar-refractivity contribution in [2.75, 3.05) is 6.61 Å². The molecule has 0 heterocycles. The molecule has 0 saturated heterocycles. The molecule has 1 heteroatoms. The Balaban J connectivity index is 3.07. The van der Waals surface area contributed by atoms with Crippen LogP contribution >= 0.6 is 0 Å². The molecule has 0 aromatic rings. The van der Waals surface area contributed by atoms with Crippen LogP contribution < -0.4 is 0 Å². The molecule has 1 nitrogen and oxygen atoms in total. The predicted molar refractivity (Wildman–Crippen MR) is 58.7 cm³/mol. The van der Waals surface area contributed by atoms with Crippen molar-refractivity contribution in [2.24, 2.45) is 0 Å². The third kappa shape index (κ3) is 11.4. The molecule has 0 atom stereocenters. The molecule has 0 aliphatic carbocycles. The summed E-state index contributed by atoms with van der Waals surface area (Å²) in [7, 11) is 0. The number of allylic oxidation sites excluding steroid dienone is 3. The van der Waals surface area contributed by atoms with Crippen LogP contribution in [0, 0.1) is 0 Å². The minimum atomic E-state index is 0.167. The summed E-state index contributed by atoms with van der Waals surface area (Å²) in [6, 6.07) is 0. The summed E-state index contributed by atoms with van der Waals surface area (Å²) in [6.07, 6.45) is 15.6. The van der Waals surface area contributed by atoms with Gasteiger partial charge in [-0.1, -0.05) is 44.1 Å². The first-order chi connectivity index (χ1) is 6.41. The summed E-state index contributed by atoms with van der Waals surface area (Å²) in [5.41, 5.74) is 0. The van der Waals surface area contributed by atoms with E-state index in [2.05, 4.69) is 19.1 Å². The van der Waals surface area contributed by atoms with Crippen molar-refractivity contribution in [3.05, 3.63) is 24.3 Å². The summed E-state index contributed by atoms with van der Waals surface area (Å²) < 4.78 is 0. The van der Waals surface area contributed by atoms with Gasteiger partial charge in [0.25, 0.3) is 0 Å². The van der Waals surface area contributed by atoms with E-state index in [1.165, 1.54) is 25.7 Å². The fourth-order valence-corrected chi connectivity index (χ4v) is 1.13. The van der Waals surface area contributed by atoms with Gasteiger partial charge in [-0.2, -0.15) is 0 Å². The Labute approximate surface area is 82.2 Å². The second-order valence-corrected chi connectivity index (χ2v) is 3.20. The van der Waals surface area contributed by atoms with E-state index >= 15 is 0 Å². The summed E-state index contributed by atoms with van der Waals surface area (Å²) in [5, 5.41) is 8.46. The summed E-state index contributed by atoms with van der Waals surface area (Å²) in [6.45, 7) is 2.39. The molecule has 0 aliphatic heterocycles. The van der Waals surface area contributed by atoms with E-state index in [0.717, 1.165) is 12.8 Å². The standard InChI is InChI=1S/C12H22O/c1-2-3-4-5-6-7-8-9-10-11-12-13/h6-7,10-11,13H,2-5,8-9,12H2,1H3/b7-6-,11-10+. The van der Waals surface area contributed by atoms with Crippen molar-refractivity contribution >= 4 is 0 Å². The van der Waals surface area contributed by atoms with E-state index < -0.39 is 0 Å². The zero-order valence-corrected chi connectivity index (χ0v) is 8.71. The average Bonchev–Trinajstić information content (AvgIpc) is 2.16. The van der Waals surface area contributed by atoms with Gasteiger partial charge in [0.2, 0.25) is 0 Å². The number of unbranched alkanes of at least 4 members (excludes halogenated alkanes) is 4. The Hall–Kier alpha value is -0.560. The van der Waals surface area contributed by atoms with Gasteiger partial charge >= 0.3 is 0 Å². The van der Waals surface area contributed by atoms with Crippen LogP contribution in [0.4, 0.5) is 0 Å². The predicted octanol–water partition coefficient (Wildman–Crippen LogP) is 3.45. The van der Waals surface area contributed by atoms with Gasteiger partial charge in [0.05, 0.1) is 6.61 Å². The van der Waals surface area contributed by atoms with Crippen molar-refractivity contribution in [3.63, 3.8) is 0 Å². The Morgan fingerprint density at radius 2 is 1.46 bits per heavy atom. The Morgan fingerprint density at radius 3 is 2.08 bits per heavy atom. The lowest BCUT2D eigenvalue weighted by Gasteiger charge is -1.91. The molecule has 0 aromatic carbocycles. The van der Waals surface area contributed by atoms with Crippen LogP contribution in [0.3, 0.4) is 0 Å². The molecule has 0 aliphatic rings. The van der Waals surface area contributed by atoms with E-state index in [1.807, 2.05) is 6.08 Å². The number of aliphatic hydroxyl groups is 1. The van der Waals surface area contributed by atoms with E-state index in [4.69, 9.17) is 5.11 Å². The number of hydrogen-bond acceptors (Lipinski definition) is 1. The van der Waals surface area contributed by atoms with Gasteiger partial charge in [0, 0.05) is 0 Å². The monoisotopic (exact) mass is 182 g/mol. The maximum Gasteiger partial charge on any atom is 0.0612 e. The van der Waals surface area contributed by atoms with E-state index in [-0.39, 0.29) is 6.61 Å². The SMILES string of the molecule is CCCCC/C=C\CC/C=C/CO. The lowest BCUT2D eigenvalue weighted by atomic mass is 10.2. The largest absolute Gasteiger partial charge is 0.392 e. The van der Waals surface area contributed by atoms with Gasteiger partial charge in [-0.3, -0.25) is 0 Å². The third-order valence-electron chi connectivity index (χ3n) is 1.91. The van der Waals surface area contributed by atoms with Crippen LogP contribution in [0.2, 0.25) is 0 Å². The number of rotatable bonds is 8. The molecule has 0 unspecified atom stereocenters. The van der Waals surface area contributed by atoms with E-state index in [1.54, 1.807) is 6.08 Å². The second kappa shape index (κ2) is 11.4. The molecule has 0 bridgehead atoms.